The molecule has 0 amide bonds. The molecular formula is C15H22BrNO2. The van der Waals surface area contributed by atoms with Crippen molar-refractivity contribution in [2.45, 2.75) is 33.2 Å². The molecule has 1 heterocycles. The van der Waals surface area contributed by atoms with Crippen LogP contribution in [0.4, 0.5) is 0 Å². The molecule has 1 aromatic carbocycles. The second kappa shape index (κ2) is 5.71. The molecular weight excluding hydrogens is 306 g/mol. The van der Waals surface area contributed by atoms with E-state index in [2.05, 4.69) is 48.1 Å². The van der Waals surface area contributed by atoms with E-state index in [0.29, 0.717) is 13.2 Å². The molecule has 1 unspecified atom stereocenters. The zero-order valence-electron chi connectivity index (χ0n) is 12.0. The highest BCUT2D eigenvalue weighted by molar-refractivity contribution is 9.10. The van der Waals surface area contributed by atoms with Crippen LogP contribution < -0.4 is 14.8 Å². The number of halogens is 1. The summed E-state index contributed by atoms with van der Waals surface area (Å²) in [6.07, 6.45) is 0.927. The molecule has 0 radical (unpaired) electrons. The Kier molecular flexibility index (Phi) is 4.41. The maximum absolute atomic E-state index is 5.78. The van der Waals surface area contributed by atoms with Crippen LogP contribution >= 0.6 is 15.9 Å². The van der Waals surface area contributed by atoms with E-state index in [4.69, 9.17) is 9.47 Å². The molecule has 1 N–H and O–H groups in total. The molecule has 0 aromatic heterocycles. The lowest BCUT2D eigenvalue weighted by molar-refractivity contribution is 0.283. The van der Waals surface area contributed by atoms with Gasteiger partial charge in [-0.05, 0) is 30.2 Å². The molecule has 0 aliphatic carbocycles. The normalized spacial score (nSPS) is 16.9. The van der Waals surface area contributed by atoms with Crippen LogP contribution in [0.1, 0.15) is 38.8 Å². The van der Waals surface area contributed by atoms with Gasteiger partial charge in [0.05, 0.1) is 13.2 Å². The zero-order chi connectivity index (χ0) is 14.0. The van der Waals surface area contributed by atoms with Gasteiger partial charge in [0.25, 0.3) is 0 Å². The molecule has 0 spiro atoms. The van der Waals surface area contributed by atoms with Crippen LogP contribution in [0.25, 0.3) is 0 Å². The van der Waals surface area contributed by atoms with Crippen molar-refractivity contribution in [2.75, 3.05) is 20.3 Å². The molecule has 106 valence electrons. The Labute approximate surface area is 123 Å². The van der Waals surface area contributed by atoms with Gasteiger partial charge >= 0.3 is 0 Å². The van der Waals surface area contributed by atoms with E-state index in [9.17, 15) is 0 Å². The predicted octanol–water partition coefficient (Wildman–Crippen LogP) is 3.92. The van der Waals surface area contributed by atoms with Gasteiger partial charge in [-0.1, -0.05) is 36.7 Å². The lowest BCUT2D eigenvalue weighted by atomic mass is 9.82. The third kappa shape index (κ3) is 3.23. The molecule has 1 aliphatic rings. The second-order valence-corrected chi connectivity index (χ2v) is 6.81. The maximum Gasteiger partial charge on any atom is 0.162 e. The molecule has 1 aliphatic heterocycles. The quantitative estimate of drug-likeness (QED) is 0.893. The Morgan fingerprint density at radius 2 is 1.74 bits per heavy atom. The summed E-state index contributed by atoms with van der Waals surface area (Å²) in [4.78, 5) is 0. The first-order valence-electron chi connectivity index (χ1n) is 6.70. The van der Waals surface area contributed by atoms with Gasteiger partial charge in [-0.25, -0.2) is 0 Å². The summed E-state index contributed by atoms with van der Waals surface area (Å²) >= 11 is 3.66. The molecule has 0 bridgehead atoms. The summed E-state index contributed by atoms with van der Waals surface area (Å²) in [6.45, 7) is 8.11. The summed E-state index contributed by atoms with van der Waals surface area (Å²) in [5, 5.41) is 3.40. The van der Waals surface area contributed by atoms with Crippen LogP contribution in [-0.2, 0) is 0 Å². The van der Waals surface area contributed by atoms with Crippen molar-refractivity contribution in [3.8, 4) is 11.5 Å². The topological polar surface area (TPSA) is 30.5 Å². The van der Waals surface area contributed by atoms with Gasteiger partial charge in [-0.2, -0.15) is 0 Å². The summed E-state index contributed by atoms with van der Waals surface area (Å²) in [6, 6.07) is 4.36. The summed E-state index contributed by atoms with van der Waals surface area (Å²) < 4.78 is 12.5. The standard InChI is InChI=1S/C15H22BrNO2/c1-15(2,3)14(17-4)10-8-12-13(9-11(10)16)19-7-5-6-18-12/h8-9,14,17H,5-7H2,1-4H3. The monoisotopic (exact) mass is 327 g/mol. The van der Waals surface area contributed by atoms with Crippen LogP contribution in [0.15, 0.2) is 16.6 Å². The molecule has 1 aromatic rings. The van der Waals surface area contributed by atoms with E-state index >= 15 is 0 Å². The Bertz CT molecular complexity index is 454. The largest absolute Gasteiger partial charge is 0.490 e. The molecule has 0 fully saturated rings. The molecule has 0 saturated carbocycles. The van der Waals surface area contributed by atoms with Crippen molar-refractivity contribution in [1.29, 1.82) is 0 Å². The number of fused-ring (bicyclic) bond motifs is 1. The van der Waals surface area contributed by atoms with Gasteiger partial charge in [-0.15, -0.1) is 0 Å². The van der Waals surface area contributed by atoms with Gasteiger partial charge < -0.3 is 14.8 Å². The van der Waals surface area contributed by atoms with Crippen molar-refractivity contribution >= 4 is 15.9 Å². The highest BCUT2D eigenvalue weighted by Gasteiger charge is 2.28. The molecule has 3 nitrogen and oxygen atoms in total. The number of hydrogen-bond acceptors (Lipinski definition) is 3. The average Bonchev–Trinajstić information content (AvgIpc) is 2.53. The van der Waals surface area contributed by atoms with Crippen LogP contribution in [0.3, 0.4) is 0 Å². The van der Waals surface area contributed by atoms with Crippen molar-refractivity contribution in [2.24, 2.45) is 5.41 Å². The highest BCUT2D eigenvalue weighted by atomic mass is 79.9. The smallest absolute Gasteiger partial charge is 0.162 e. The van der Waals surface area contributed by atoms with E-state index in [1.807, 2.05) is 13.1 Å². The average molecular weight is 328 g/mol. The lowest BCUT2D eigenvalue weighted by Gasteiger charge is -2.32. The van der Waals surface area contributed by atoms with E-state index in [1.54, 1.807) is 0 Å². The molecule has 2 rings (SSSR count). The van der Waals surface area contributed by atoms with Gasteiger partial charge in [0, 0.05) is 16.9 Å². The second-order valence-electron chi connectivity index (χ2n) is 5.96. The number of rotatable bonds is 2. The fourth-order valence-electron chi connectivity index (χ4n) is 2.48. The van der Waals surface area contributed by atoms with Gasteiger partial charge in [0.1, 0.15) is 0 Å². The first-order chi connectivity index (χ1) is 8.93. The lowest BCUT2D eigenvalue weighted by Crippen LogP contribution is -2.30. The molecule has 0 saturated heterocycles. The Balaban J connectivity index is 2.43. The SMILES string of the molecule is CNC(c1cc2c(cc1Br)OCCCO2)C(C)(C)C. The number of benzene rings is 1. The van der Waals surface area contributed by atoms with Crippen LogP contribution in [0.5, 0.6) is 11.5 Å². The minimum Gasteiger partial charge on any atom is -0.490 e. The minimum absolute atomic E-state index is 0.122. The highest BCUT2D eigenvalue weighted by Crippen LogP contribution is 2.42. The third-order valence-electron chi connectivity index (χ3n) is 3.33. The summed E-state index contributed by atoms with van der Waals surface area (Å²) in [5.41, 5.74) is 1.33. The van der Waals surface area contributed by atoms with Crippen LogP contribution in [-0.4, -0.2) is 20.3 Å². The van der Waals surface area contributed by atoms with E-state index < -0.39 is 0 Å². The van der Waals surface area contributed by atoms with Crippen molar-refractivity contribution in [1.82, 2.24) is 5.32 Å². The van der Waals surface area contributed by atoms with E-state index in [0.717, 1.165) is 22.4 Å². The molecule has 4 heteroatoms. The number of hydrogen-bond donors (Lipinski definition) is 1. The van der Waals surface area contributed by atoms with Gasteiger partial charge in [0.2, 0.25) is 0 Å². The number of ether oxygens (including phenoxy) is 2. The van der Waals surface area contributed by atoms with Crippen molar-refractivity contribution in [3.63, 3.8) is 0 Å². The molecule has 1 atom stereocenters. The van der Waals surface area contributed by atoms with Crippen LogP contribution in [0.2, 0.25) is 0 Å². The fourth-order valence-corrected chi connectivity index (χ4v) is 3.03. The number of nitrogens with one attached hydrogen (secondary N) is 1. The zero-order valence-corrected chi connectivity index (χ0v) is 13.6. The van der Waals surface area contributed by atoms with Gasteiger partial charge in [0.15, 0.2) is 11.5 Å². The van der Waals surface area contributed by atoms with Crippen LogP contribution in [0, 0.1) is 5.41 Å². The minimum atomic E-state index is 0.122. The van der Waals surface area contributed by atoms with Gasteiger partial charge in [-0.3, -0.25) is 0 Å². The third-order valence-corrected chi connectivity index (χ3v) is 4.02. The summed E-state index contributed by atoms with van der Waals surface area (Å²) in [7, 11) is 1.99. The Morgan fingerprint density at radius 1 is 1.16 bits per heavy atom. The summed E-state index contributed by atoms with van der Waals surface area (Å²) in [5.74, 6) is 1.68. The molecule has 19 heavy (non-hydrogen) atoms. The van der Waals surface area contributed by atoms with Crippen molar-refractivity contribution in [3.05, 3.63) is 22.2 Å². The van der Waals surface area contributed by atoms with E-state index in [1.165, 1.54) is 5.56 Å². The van der Waals surface area contributed by atoms with Crippen molar-refractivity contribution < 1.29 is 9.47 Å². The Morgan fingerprint density at radius 3 is 2.26 bits per heavy atom. The predicted molar refractivity (Wildman–Crippen MR) is 81.0 cm³/mol. The Hall–Kier alpha value is -0.740. The fraction of sp³-hybridized carbons (Fsp3) is 0.600. The van der Waals surface area contributed by atoms with E-state index in [-0.39, 0.29) is 11.5 Å². The first-order valence-corrected chi connectivity index (χ1v) is 7.49. The maximum atomic E-state index is 5.78. The first kappa shape index (κ1) is 14.7.